The molecule has 0 saturated carbocycles. The van der Waals surface area contributed by atoms with Gasteiger partial charge in [0.15, 0.2) is 0 Å². The minimum absolute atomic E-state index is 0.752. The summed E-state index contributed by atoms with van der Waals surface area (Å²) in [5, 5.41) is 10.5. The number of nitrogens with zero attached hydrogens (tertiary/aromatic N) is 1. The normalized spacial score (nSPS) is 9.94. The zero-order valence-corrected chi connectivity index (χ0v) is 12.3. The maximum Gasteiger partial charge on any atom is 0.133 e. The largest absolute Gasteiger partial charge is 0.493 e. The fourth-order valence-electron chi connectivity index (χ4n) is 1.48. The van der Waals surface area contributed by atoms with Gasteiger partial charge in [-0.3, -0.25) is 0 Å². The predicted molar refractivity (Wildman–Crippen MR) is 76.3 cm³/mol. The van der Waals surface area contributed by atoms with Gasteiger partial charge in [0.1, 0.15) is 11.2 Å². The molecule has 2 nitrogen and oxygen atoms in total. The first-order valence-corrected chi connectivity index (χ1v) is 7.48. The van der Waals surface area contributed by atoms with Crippen molar-refractivity contribution in [1.82, 2.24) is 0 Å². The van der Waals surface area contributed by atoms with Gasteiger partial charge >= 0.3 is 0 Å². The van der Waals surface area contributed by atoms with Crippen molar-refractivity contribution in [2.24, 2.45) is 0 Å². The molecule has 0 N–H and O–H groups in total. The lowest BCUT2D eigenvalue weighted by Crippen LogP contribution is -1.99. The van der Waals surface area contributed by atoms with Crippen molar-refractivity contribution in [1.29, 1.82) is 5.26 Å². The quantitative estimate of drug-likeness (QED) is 0.553. The molecule has 0 saturated heterocycles. The second kappa shape index (κ2) is 8.43. The summed E-state index contributed by atoms with van der Waals surface area (Å²) in [5.41, 5.74) is 1.21. The molecule has 0 aliphatic carbocycles. The van der Waals surface area contributed by atoms with Crippen molar-refractivity contribution in [3.05, 3.63) is 28.2 Å². The summed E-state index contributed by atoms with van der Waals surface area (Å²) in [6.45, 7) is 2.85. The summed E-state index contributed by atoms with van der Waals surface area (Å²) in [7, 11) is 0. The zero-order valence-electron chi connectivity index (χ0n) is 9.91. The van der Waals surface area contributed by atoms with E-state index in [2.05, 4.69) is 34.3 Å². The molecule has 17 heavy (non-hydrogen) atoms. The molecule has 0 spiro atoms. The number of hydrogen-bond donors (Lipinski definition) is 0. The van der Waals surface area contributed by atoms with E-state index >= 15 is 0 Å². The number of aryl methyl sites for hydroxylation is 1. The second-order valence-corrected chi connectivity index (χ2v) is 5.44. The van der Waals surface area contributed by atoms with Crippen LogP contribution in [0.15, 0.2) is 22.7 Å². The zero-order chi connectivity index (χ0) is 12.5. The van der Waals surface area contributed by atoms with Crippen LogP contribution in [0.25, 0.3) is 0 Å². The molecule has 0 atom stereocenters. The first kappa shape index (κ1) is 14.4. The molecule has 0 bridgehead atoms. The van der Waals surface area contributed by atoms with Gasteiger partial charge in [-0.2, -0.15) is 5.26 Å². The lowest BCUT2D eigenvalue weighted by Gasteiger charge is -2.11. The molecule has 1 rings (SSSR count). The van der Waals surface area contributed by atoms with Crippen LogP contribution in [0, 0.1) is 10.7 Å². The van der Waals surface area contributed by atoms with E-state index in [0.717, 1.165) is 41.8 Å². The van der Waals surface area contributed by atoms with Crippen LogP contribution in [0.3, 0.4) is 0 Å². The van der Waals surface area contributed by atoms with Gasteiger partial charge in [-0.15, -0.1) is 0 Å². The summed E-state index contributed by atoms with van der Waals surface area (Å²) >= 11 is 4.78. The van der Waals surface area contributed by atoms with Crippen LogP contribution in [0.1, 0.15) is 25.3 Å². The number of nitriles is 1. The lowest BCUT2D eigenvalue weighted by atomic mass is 10.1. The van der Waals surface area contributed by atoms with E-state index in [9.17, 15) is 0 Å². The summed E-state index contributed by atoms with van der Waals surface area (Å²) in [6, 6.07) is 6.10. The Balaban J connectivity index is 2.60. The van der Waals surface area contributed by atoms with Crippen LogP contribution in [-0.2, 0) is 6.42 Å². The maximum atomic E-state index is 8.46. The Morgan fingerprint density at radius 1 is 1.47 bits per heavy atom. The first-order valence-electron chi connectivity index (χ1n) is 5.70. The minimum atomic E-state index is 0.752. The van der Waals surface area contributed by atoms with Gasteiger partial charge in [0.25, 0.3) is 0 Å². The second-order valence-electron chi connectivity index (χ2n) is 3.64. The molecule has 0 radical (unpaired) electrons. The van der Waals surface area contributed by atoms with Crippen LogP contribution in [0.4, 0.5) is 0 Å². The van der Waals surface area contributed by atoms with E-state index in [0.29, 0.717) is 0 Å². The monoisotopic (exact) mass is 313 g/mol. The number of thioether (sulfide) groups is 1. The van der Waals surface area contributed by atoms with Crippen molar-refractivity contribution < 1.29 is 4.74 Å². The summed E-state index contributed by atoms with van der Waals surface area (Å²) in [5.74, 6) is 1.84. The topological polar surface area (TPSA) is 33.0 Å². The van der Waals surface area contributed by atoms with Crippen molar-refractivity contribution in [2.45, 2.75) is 26.2 Å². The van der Waals surface area contributed by atoms with E-state index in [1.54, 1.807) is 0 Å². The van der Waals surface area contributed by atoms with E-state index < -0.39 is 0 Å². The van der Waals surface area contributed by atoms with Crippen LogP contribution in [0.5, 0.6) is 5.75 Å². The van der Waals surface area contributed by atoms with Gasteiger partial charge in [-0.25, -0.2) is 0 Å². The van der Waals surface area contributed by atoms with Crippen LogP contribution in [0.2, 0.25) is 0 Å². The number of halogens is 1. The maximum absolute atomic E-state index is 8.46. The molecule has 1 aromatic carbocycles. The lowest BCUT2D eigenvalue weighted by molar-refractivity contribution is 0.314. The molecule has 0 aliphatic rings. The number of ether oxygens (including phenoxy) is 1. The Labute approximate surface area is 115 Å². The Morgan fingerprint density at radius 2 is 2.29 bits per heavy atom. The smallest absolute Gasteiger partial charge is 0.133 e. The van der Waals surface area contributed by atoms with Gasteiger partial charge in [0.2, 0.25) is 0 Å². The van der Waals surface area contributed by atoms with Crippen molar-refractivity contribution >= 4 is 27.7 Å². The fourth-order valence-corrected chi connectivity index (χ4v) is 2.27. The third kappa shape index (κ3) is 5.47. The number of benzene rings is 1. The highest BCUT2D eigenvalue weighted by Gasteiger charge is 2.04. The number of thiocyanates is 1. The third-order valence-corrected chi connectivity index (χ3v) is 3.36. The Bertz CT molecular complexity index is 389. The van der Waals surface area contributed by atoms with E-state index in [4.69, 9.17) is 10.00 Å². The van der Waals surface area contributed by atoms with Gasteiger partial charge in [-0.1, -0.05) is 22.9 Å². The number of rotatable bonds is 7. The number of hydrogen-bond acceptors (Lipinski definition) is 3. The Morgan fingerprint density at radius 3 is 3.00 bits per heavy atom. The first-order chi connectivity index (χ1) is 8.27. The fraction of sp³-hybridized carbons (Fsp3) is 0.462. The molecule has 0 heterocycles. The summed E-state index contributed by atoms with van der Waals surface area (Å²) < 4.78 is 6.78. The van der Waals surface area contributed by atoms with Gasteiger partial charge in [0.05, 0.1) is 6.61 Å². The molecule has 0 amide bonds. The molecule has 0 unspecified atom stereocenters. The molecule has 1 aromatic rings. The van der Waals surface area contributed by atoms with E-state index in [1.165, 1.54) is 17.3 Å². The van der Waals surface area contributed by atoms with Crippen molar-refractivity contribution in [2.75, 3.05) is 12.4 Å². The van der Waals surface area contributed by atoms with Crippen LogP contribution >= 0.6 is 27.7 Å². The average molecular weight is 314 g/mol. The summed E-state index contributed by atoms with van der Waals surface area (Å²) in [4.78, 5) is 0. The Kier molecular flexibility index (Phi) is 7.14. The van der Waals surface area contributed by atoms with Crippen LogP contribution in [-0.4, -0.2) is 12.4 Å². The van der Waals surface area contributed by atoms with Crippen molar-refractivity contribution in [3.8, 4) is 11.2 Å². The molecule has 0 aliphatic heterocycles. The van der Waals surface area contributed by atoms with Gasteiger partial charge in [0, 0.05) is 10.2 Å². The predicted octanol–water partition coefficient (Wildman–Crippen LogP) is 4.38. The molecule has 0 aromatic heterocycles. The van der Waals surface area contributed by atoms with Gasteiger partial charge < -0.3 is 4.74 Å². The van der Waals surface area contributed by atoms with Crippen molar-refractivity contribution in [3.63, 3.8) is 0 Å². The molecule has 4 heteroatoms. The molecule has 0 fully saturated rings. The van der Waals surface area contributed by atoms with Crippen LogP contribution < -0.4 is 4.74 Å². The third-order valence-electron chi connectivity index (χ3n) is 2.24. The SMILES string of the molecule is CCCOc1ccc(Br)cc1CCCSC#N. The average Bonchev–Trinajstić information content (AvgIpc) is 2.33. The standard InChI is InChI=1S/C13H16BrNOS/c1-2-7-16-13-6-5-12(14)9-11(13)4-3-8-17-10-15/h5-6,9H,2-4,7-8H2,1H3. The van der Waals surface area contributed by atoms with E-state index in [1.807, 2.05) is 12.1 Å². The summed E-state index contributed by atoms with van der Waals surface area (Å²) in [6.07, 6.45) is 2.96. The van der Waals surface area contributed by atoms with Gasteiger partial charge in [-0.05, 0) is 54.8 Å². The highest BCUT2D eigenvalue weighted by Crippen LogP contribution is 2.25. The molecular formula is C13H16BrNOS. The highest BCUT2D eigenvalue weighted by atomic mass is 79.9. The minimum Gasteiger partial charge on any atom is -0.493 e. The molecule has 92 valence electrons. The van der Waals surface area contributed by atoms with E-state index in [-0.39, 0.29) is 0 Å². The Hall–Kier alpha value is -0.660. The molecular weight excluding hydrogens is 298 g/mol. The highest BCUT2D eigenvalue weighted by molar-refractivity contribution is 9.10.